The summed E-state index contributed by atoms with van der Waals surface area (Å²) in [4.78, 5) is 17.5. The number of ether oxygens (including phenoxy) is 1. The van der Waals surface area contributed by atoms with Crippen molar-refractivity contribution in [3.8, 4) is 17.2 Å². The van der Waals surface area contributed by atoms with E-state index in [2.05, 4.69) is 16.9 Å². The Bertz CT molecular complexity index is 1120. The summed E-state index contributed by atoms with van der Waals surface area (Å²) in [7, 11) is 0. The molecule has 0 radical (unpaired) electrons. The number of rotatable bonds is 7. The van der Waals surface area contributed by atoms with Crippen molar-refractivity contribution in [2.45, 2.75) is 24.9 Å². The Kier molecular flexibility index (Phi) is 7.61. The van der Waals surface area contributed by atoms with Gasteiger partial charge in [0.2, 0.25) is 5.91 Å². The molecule has 1 aromatic heterocycles. The first-order chi connectivity index (χ1) is 15.9. The number of nitrogens with two attached hydrogens (primary N) is 2. The van der Waals surface area contributed by atoms with Gasteiger partial charge in [0.1, 0.15) is 11.9 Å². The Balaban J connectivity index is 1.86. The van der Waals surface area contributed by atoms with Gasteiger partial charge in [-0.1, -0.05) is 30.8 Å². The van der Waals surface area contributed by atoms with Crippen LogP contribution < -0.4 is 16.8 Å². The molecule has 0 unspecified atom stereocenters. The highest BCUT2D eigenvalue weighted by Crippen LogP contribution is 2.36. The van der Waals surface area contributed by atoms with E-state index in [1.54, 1.807) is 18.3 Å². The van der Waals surface area contributed by atoms with Gasteiger partial charge in [0.25, 0.3) is 0 Å². The number of nitrogens with one attached hydrogen (secondary N) is 1. The maximum Gasteiger partial charge on any atom is 0.235 e. The minimum atomic E-state index is -0.773. The lowest BCUT2D eigenvalue weighted by molar-refractivity contribution is -0.129. The zero-order valence-electron chi connectivity index (χ0n) is 18.3. The fraction of sp³-hybridized carbons (Fsp3) is 0.240. The molecule has 0 aliphatic carbocycles. The van der Waals surface area contributed by atoms with Crippen LogP contribution >= 0.6 is 0 Å². The smallest absolute Gasteiger partial charge is 0.235 e. The predicted molar refractivity (Wildman–Crippen MR) is 126 cm³/mol. The molecule has 2 aromatic rings. The molecule has 3 rings (SSSR count). The first-order valence-corrected chi connectivity index (χ1v) is 10.5. The van der Waals surface area contributed by atoms with Crippen molar-refractivity contribution in [1.29, 1.82) is 5.26 Å². The summed E-state index contributed by atoms with van der Waals surface area (Å²) < 4.78 is 5.52. The van der Waals surface area contributed by atoms with Crippen molar-refractivity contribution in [3.05, 3.63) is 83.9 Å². The van der Waals surface area contributed by atoms with E-state index in [0.29, 0.717) is 43.1 Å². The van der Waals surface area contributed by atoms with Crippen LogP contribution in [0.25, 0.3) is 11.1 Å². The number of aliphatic hydroxyl groups excluding tert-OH is 1. The molecule has 1 fully saturated rings. The number of aliphatic hydroxyl groups is 1. The van der Waals surface area contributed by atoms with Gasteiger partial charge in [0.05, 0.1) is 17.6 Å². The molecule has 1 amide bonds. The number of nitriles is 1. The number of nitrogens with zero attached hydrogens (tertiary/aromatic N) is 2. The number of hydrogen-bond acceptors (Lipinski definition) is 7. The van der Waals surface area contributed by atoms with Gasteiger partial charge in [-0.2, -0.15) is 5.26 Å². The van der Waals surface area contributed by atoms with Crippen molar-refractivity contribution < 1.29 is 14.6 Å². The number of pyridine rings is 1. The van der Waals surface area contributed by atoms with Gasteiger partial charge < -0.3 is 26.6 Å². The van der Waals surface area contributed by atoms with Crippen molar-refractivity contribution >= 4 is 11.7 Å². The molecular weight excluding hydrogens is 418 g/mol. The van der Waals surface area contributed by atoms with Crippen LogP contribution in [0, 0.1) is 11.3 Å². The van der Waals surface area contributed by atoms with E-state index in [1.807, 2.05) is 30.3 Å². The number of aromatic nitrogens is 1. The molecule has 0 saturated carbocycles. The first-order valence-electron chi connectivity index (χ1n) is 10.5. The molecule has 33 heavy (non-hydrogen) atoms. The van der Waals surface area contributed by atoms with Crippen molar-refractivity contribution in [2.75, 3.05) is 18.9 Å². The molecule has 8 heteroatoms. The minimum absolute atomic E-state index is 0.180. The minimum Gasteiger partial charge on any atom is -0.404 e. The van der Waals surface area contributed by atoms with Crippen molar-refractivity contribution in [2.24, 2.45) is 5.73 Å². The number of allylic oxidation sites excluding steroid dienone is 3. The van der Waals surface area contributed by atoms with E-state index in [1.165, 1.54) is 12.3 Å². The number of amides is 1. The lowest BCUT2D eigenvalue weighted by Gasteiger charge is -2.36. The normalized spacial score (nSPS) is 15.7. The summed E-state index contributed by atoms with van der Waals surface area (Å²) in [5.41, 5.74) is 14.2. The van der Waals surface area contributed by atoms with Crippen molar-refractivity contribution in [1.82, 2.24) is 10.3 Å². The highest BCUT2D eigenvalue weighted by Gasteiger charge is 2.41. The highest BCUT2D eigenvalue weighted by atomic mass is 16.5. The largest absolute Gasteiger partial charge is 0.404 e. The highest BCUT2D eigenvalue weighted by molar-refractivity contribution is 5.90. The molecule has 0 atom stereocenters. The van der Waals surface area contributed by atoms with Gasteiger partial charge in [-0.25, -0.2) is 4.98 Å². The molecular formula is C25H27N5O3. The van der Waals surface area contributed by atoms with Crippen LogP contribution in [0.1, 0.15) is 24.0 Å². The zero-order valence-corrected chi connectivity index (χ0v) is 18.3. The van der Waals surface area contributed by atoms with E-state index >= 15 is 0 Å². The summed E-state index contributed by atoms with van der Waals surface area (Å²) in [6.45, 7) is 4.61. The Morgan fingerprint density at radius 3 is 2.58 bits per heavy atom. The summed E-state index contributed by atoms with van der Waals surface area (Å²) in [5.74, 6) is 0.119. The number of benzene rings is 1. The summed E-state index contributed by atoms with van der Waals surface area (Å²) in [5, 5.41) is 21.3. The van der Waals surface area contributed by atoms with Crippen LogP contribution in [0.5, 0.6) is 0 Å². The number of carbonyl (C=O) groups excluding carboxylic acids is 1. The Hall–Kier alpha value is -3.93. The molecule has 170 valence electrons. The fourth-order valence-electron chi connectivity index (χ4n) is 3.78. The average Bonchev–Trinajstić information content (AvgIpc) is 2.85. The molecule has 2 heterocycles. The molecule has 1 aliphatic heterocycles. The zero-order chi connectivity index (χ0) is 23.8. The van der Waals surface area contributed by atoms with Crippen molar-refractivity contribution in [3.63, 3.8) is 0 Å². The van der Waals surface area contributed by atoms with Crippen LogP contribution in [0.4, 0.5) is 5.82 Å². The Morgan fingerprint density at radius 2 is 1.97 bits per heavy atom. The number of hydrogen-bond donors (Lipinski definition) is 4. The summed E-state index contributed by atoms with van der Waals surface area (Å²) in [6.07, 6.45) is 6.94. The van der Waals surface area contributed by atoms with Crippen LogP contribution in [0.2, 0.25) is 0 Å². The maximum atomic E-state index is 13.4. The van der Waals surface area contributed by atoms with E-state index in [0.717, 1.165) is 16.7 Å². The molecule has 1 aliphatic rings. The number of nitrogen functional groups attached to an aromatic ring is 1. The van der Waals surface area contributed by atoms with Gasteiger partial charge >= 0.3 is 0 Å². The Morgan fingerprint density at radius 1 is 1.27 bits per heavy atom. The van der Waals surface area contributed by atoms with Crippen LogP contribution in [-0.4, -0.2) is 29.2 Å². The van der Waals surface area contributed by atoms with E-state index in [9.17, 15) is 9.90 Å². The quantitative estimate of drug-likeness (QED) is 0.378. The lowest BCUT2D eigenvalue weighted by Crippen LogP contribution is -2.47. The molecule has 0 spiro atoms. The van der Waals surface area contributed by atoms with Gasteiger partial charge in [0.15, 0.2) is 0 Å². The third-order valence-corrected chi connectivity index (χ3v) is 5.77. The number of anilines is 1. The first kappa shape index (κ1) is 23.7. The van der Waals surface area contributed by atoms with E-state index in [4.69, 9.17) is 21.5 Å². The topological polar surface area (TPSA) is 147 Å². The molecule has 1 aromatic carbocycles. The van der Waals surface area contributed by atoms with Gasteiger partial charge in [-0.3, -0.25) is 4.79 Å². The lowest BCUT2D eigenvalue weighted by atomic mass is 9.73. The SMILES string of the molecule is C=C(/C=C\C(C#N)=C/N)NC(=O)C1(c2ccc(-c3cnc(N)c(CO)c3)cc2)CCOCC1. The van der Waals surface area contributed by atoms with Gasteiger partial charge in [-0.15, -0.1) is 0 Å². The molecule has 6 N–H and O–H groups in total. The summed E-state index contributed by atoms with van der Waals surface area (Å²) >= 11 is 0. The third-order valence-electron chi connectivity index (χ3n) is 5.77. The van der Waals surface area contributed by atoms with Crippen LogP contribution in [-0.2, 0) is 21.6 Å². The predicted octanol–water partition coefficient (Wildman–Crippen LogP) is 2.42. The fourth-order valence-corrected chi connectivity index (χ4v) is 3.78. The standard InChI is InChI=1S/C25H27N5O3/c1-17(2-3-18(13-26)14-27)30-24(32)25(8-10-33-11-9-25)22-6-4-19(5-7-22)20-12-21(16-31)23(28)29-15-20/h2-7,12-13,15,31H,1,8-11,16,26H2,(H2,28,29)(H,30,32)/b3-2-,18-13+. The molecule has 8 nitrogen and oxygen atoms in total. The van der Waals surface area contributed by atoms with Crippen LogP contribution in [0.15, 0.2) is 72.7 Å². The third kappa shape index (κ3) is 5.29. The van der Waals surface area contributed by atoms with E-state index in [-0.39, 0.29) is 18.1 Å². The van der Waals surface area contributed by atoms with E-state index < -0.39 is 5.41 Å². The monoisotopic (exact) mass is 445 g/mol. The van der Waals surface area contributed by atoms with Crippen LogP contribution in [0.3, 0.4) is 0 Å². The second-order valence-corrected chi connectivity index (χ2v) is 7.74. The maximum absolute atomic E-state index is 13.4. The van der Waals surface area contributed by atoms with Gasteiger partial charge in [-0.05, 0) is 42.2 Å². The number of carbonyl (C=O) groups is 1. The molecule has 0 bridgehead atoms. The second kappa shape index (κ2) is 10.6. The van der Waals surface area contributed by atoms with Gasteiger partial charge in [0, 0.05) is 42.4 Å². The summed E-state index contributed by atoms with van der Waals surface area (Å²) in [6, 6.07) is 11.4. The second-order valence-electron chi connectivity index (χ2n) is 7.74. The average molecular weight is 446 g/mol. The molecule has 1 saturated heterocycles. The Labute approximate surface area is 192 Å².